The number of H-pyrrole nitrogens is 1. The molecular formula is C19H14N4O3S. The van der Waals surface area contributed by atoms with E-state index < -0.39 is 10.0 Å². The summed E-state index contributed by atoms with van der Waals surface area (Å²) in [4.78, 5) is 12.3. The third kappa shape index (κ3) is 2.37. The van der Waals surface area contributed by atoms with Crippen molar-refractivity contribution in [1.82, 2.24) is 18.9 Å². The Hall–Kier alpha value is -3.39. The number of imidazole rings is 1. The second-order valence-corrected chi connectivity index (χ2v) is 8.00. The van der Waals surface area contributed by atoms with E-state index in [9.17, 15) is 8.42 Å². The number of nitrogens with zero attached hydrogens (tertiary/aromatic N) is 3. The largest absolute Gasteiger partial charge is 0.458 e. The van der Waals surface area contributed by atoms with Gasteiger partial charge in [-0.25, -0.2) is 22.4 Å². The lowest BCUT2D eigenvalue weighted by atomic mass is 10.3. The van der Waals surface area contributed by atoms with Crippen molar-refractivity contribution in [2.24, 2.45) is 0 Å². The Labute approximate surface area is 154 Å². The number of nitrogens with one attached hydrogen (secondary N) is 1. The molecule has 8 heteroatoms. The maximum absolute atomic E-state index is 13.0. The lowest BCUT2D eigenvalue weighted by molar-refractivity contribution is 0.545. The van der Waals surface area contributed by atoms with Crippen LogP contribution in [0.5, 0.6) is 0 Å². The third-order valence-corrected chi connectivity index (χ3v) is 6.09. The number of pyridine rings is 1. The Bertz CT molecular complexity index is 1400. The minimum absolute atomic E-state index is 0.209. The average molecular weight is 378 g/mol. The lowest BCUT2D eigenvalue weighted by Crippen LogP contribution is -2.12. The number of fused-ring (bicyclic) bond motifs is 3. The van der Waals surface area contributed by atoms with Crippen LogP contribution in [0.2, 0.25) is 0 Å². The van der Waals surface area contributed by atoms with E-state index in [1.807, 2.05) is 19.1 Å². The van der Waals surface area contributed by atoms with E-state index in [2.05, 4.69) is 15.0 Å². The van der Waals surface area contributed by atoms with Crippen LogP contribution >= 0.6 is 0 Å². The van der Waals surface area contributed by atoms with Crippen molar-refractivity contribution in [3.8, 4) is 11.6 Å². The average Bonchev–Trinajstić information content (AvgIpc) is 3.38. The number of aromatic amines is 1. The van der Waals surface area contributed by atoms with Crippen LogP contribution in [0.1, 0.15) is 5.76 Å². The van der Waals surface area contributed by atoms with Gasteiger partial charge in [-0.05, 0) is 37.3 Å². The summed E-state index contributed by atoms with van der Waals surface area (Å²) < 4.78 is 32.7. The Morgan fingerprint density at radius 1 is 1.07 bits per heavy atom. The predicted octanol–water partition coefficient (Wildman–Crippen LogP) is 3.72. The SMILES string of the molecule is Cc1ccc(-c2nc3cnc4c(ccn4S(=O)(=O)c4ccccc4)c3[nH]2)o1. The topological polar surface area (TPSA) is 93.8 Å². The third-order valence-electron chi connectivity index (χ3n) is 4.41. The van der Waals surface area contributed by atoms with Crippen LogP contribution in [0.3, 0.4) is 0 Å². The molecule has 0 bridgehead atoms. The van der Waals surface area contributed by atoms with E-state index in [4.69, 9.17) is 4.42 Å². The van der Waals surface area contributed by atoms with Crippen LogP contribution in [0, 0.1) is 6.92 Å². The van der Waals surface area contributed by atoms with Gasteiger partial charge in [0.1, 0.15) is 11.3 Å². The maximum Gasteiger partial charge on any atom is 0.269 e. The van der Waals surface area contributed by atoms with Crippen molar-refractivity contribution in [2.45, 2.75) is 11.8 Å². The molecule has 1 N–H and O–H groups in total. The summed E-state index contributed by atoms with van der Waals surface area (Å²) >= 11 is 0. The molecule has 0 saturated heterocycles. The molecule has 0 radical (unpaired) electrons. The van der Waals surface area contributed by atoms with Gasteiger partial charge in [0, 0.05) is 11.6 Å². The normalized spacial score (nSPS) is 12.2. The quantitative estimate of drug-likeness (QED) is 0.516. The molecule has 0 aliphatic carbocycles. The van der Waals surface area contributed by atoms with Crippen molar-refractivity contribution in [3.05, 3.63) is 66.7 Å². The standard InChI is InChI=1S/C19H14N4O3S/c1-12-7-8-16(26-12)18-21-15-11-20-19-14(17(15)22-18)9-10-23(19)27(24,25)13-5-3-2-4-6-13/h2-11H,1H3,(H,21,22). The Morgan fingerprint density at radius 2 is 1.89 bits per heavy atom. The summed E-state index contributed by atoms with van der Waals surface area (Å²) in [6, 6.07) is 13.7. The van der Waals surface area contributed by atoms with Crippen molar-refractivity contribution < 1.29 is 12.8 Å². The first-order valence-corrected chi connectivity index (χ1v) is 9.71. The zero-order valence-electron chi connectivity index (χ0n) is 14.2. The van der Waals surface area contributed by atoms with E-state index >= 15 is 0 Å². The highest BCUT2D eigenvalue weighted by Crippen LogP contribution is 2.28. The van der Waals surface area contributed by atoms with Gasteiger partial charge in [0.15, 0.2) is 17.2 Å². The molecule has 134 valence electrons. The summed E-state index contributed by atoms with van der Waals surface area (Å²) in [6.45, 7) is 1.86. The molecule has 4 heterocycles. The molecule has 0 saturated carbocycles. The van der Waals surface area contributed by atoms with Crippen LogP contribution in [0.15, 0.2) is 70.2 Å². The molecule has 0 aliphatic rings. The minimum atomic E-state index is -3.73. The summed E-state index contributed by atoms with van der Waals surface area (Å²) in [5.41, 5.74) is 1.70. The summed E-state index contributed by atoms with van der Waals surface area (Å²) in [6.07, 6.45) is 3.07. The molecule has 0 spiro atoms. The van der Waals surface area contributed by atoms with E-state index in [1.54, 1.807) is 42.6 Å². The Morgan fingerprint density at radius 3 is 2.63 bits per heavy atom. The number of rotatable bonds is 3. The molecule has 0 atom stereocenters. The first-order chi connectivity index (χ1) is 13.0. The fourth-order valence-electron chi connectivity index (χ4n) is 3.11. The van der Waals surface area contributed by atoms with Gasteiger partial charge in [-0.1, -0.05) is 18.2 Å². The molecule has 27 heavy (non-hydrogen) atoms. The fraction of sp³-hybridized carbons (Fsp3) is 0.0526. The van der Waals surface area contributed by atoms with E-state index in [1.165, 1.54) is 10.2 Å². The maximum atomic E-state index is 13.0. The summed E-state index contributed by atoms with van der Waals surface area (Å²) in [5, 5.41) is 0.675. The number of aryl methyl sites for hydroxylation is 1. The second-order valence-electron chi connectivity index (χ2n) is 6.18. The zero-order chi connectivity index (χ0) is 18.6. The highest BCUT2D eigenvalue weighted by Gasteiger charge is 2.21. The minimum Gasteiger partial charge on any atom is -0.458 e. The Kier molecular flexibility index (Phi) is 3.26. The number of hydrogen-bond acceptors (Lipinski definition) is 5. The molecule has 0 amide bonds. The number of hydrogen-bond donors (Lipinski definition) is 1. The van der Waals surface area contributed by atoms with E-state index in [0.717, 1.165) is 5.76 Å². The summed E-state index contributed by atoms with van der Waals surface area (Å²) in [5.74, 6) is 1.98. The van der Waals surface area contributed by atoms with Gasteiger partial charge >= 0.3 is 0 Å². The van der Waals surface area contributed by atoms with Gasteiger partial charge < -0.3 is 9.40 Å². The molecule has 0 aliphatic heterocycles. The molecule has 7 nitrogen and oxygen atoms in total. The van der Waals surface area contributed by atoms with Gasteiger partial charge in [-0.2, -0.15) is 0 Å². The molecule has 0 unspecified atom stereocenters. The van der Waals surface area contributed by atoms with Crippen LogP contribution in [0.25, 0.3) is 33.7 Å². The van der Waals surface area contributed by atoms with E-state index in [0.29, 0.717) is 33.7 Å². The predicted molar refractivity (Wildman–Crippen MR) is 101 cm³/mol. The van der Waals surface area contributed by atoms with Crippen LogP contribution in [-0.2, 0) is 10.0 Å². The number of benzene rings is 1. The van der Waals surface area contributed by atoms with Crippen LogP contribution in [-0.4, -0.2) is 27.3 Å². The Balaban J connectivity index is 1.71. The molecule has 1 aromatic carbocycles. The molecule has 5 rings (SSSR count). The number of aromatic nitrogens is 4. The monoisotopic (exact) mass is 378 g/mol. The molecule has 5 aromatic rings. The van der Waals surface area contributed by atoms with Gasteiger partial charge in [0.25, 0.3) is 10.0 Å². The fourth-order valence-corrected chi connectivity index (χ4v) is 4.44. The molecule has 0 fully saturated rings. The summed E-state index contributed by atoms with van der Waals surface area (Å²) in [7, 11) is -3.73. The molecule has 4 aromatic heterocycles. The first kappa shape index (κ1) is 15.8. The smallest absolute Gasteiger partial charge is 0.269 e. The van der Waals surface area contributed by atoms with Gasteiger partial charge in [0.2, 0.25) is 0 Å². The highest BCUT2D eigenvalue weighted by molar-refractivity contribution is 7.90. The van der Waals surface area contributed by atoms with E-state index in [-0.39, 0.29) is 4.90 Å². The molecular weight excluding hydrogens is 364 g/mol. The van der Waals surface area contributed by atoms with Gasteiger partial charge in [0.05, 0.1) is 16.6 Å². The van der Waals surface area contributed by atoms with Crippen molar-refractivity contribution in [1.29, 1.82) is 0 Å². The first-order valence-electron chi connectivity index (χ1n) is 8.27. The van der Waals surface area contributed by atoms with Crippen molar-refractivity contribution in [3.63, 3.8) is 0 Å². The van der Waals surface area contributed by atoms with Crippen LogP contribution in [0.4, 0.5) is 0 Å². The second kappa shape index (κ2) is 5.55. The van der Waals surface area contributed by atoms with Gasteiger partial charge in [-0.3, -0.25) is 0 Å². The zero-order valence-corrected chi connectivity index (χ0v) is 15.1. The lowest BCUT2D eigenvalue weighted by Gasteiger charge is -2.06. The van der Waals surface area contributed by atoms with Gasteiger partial charge in [-0.15, -0.1) is 0 Å². The van der Waals surface area contributed by atoms with Crippen molar-refractivity contribution >= 4 is 32.1 Å². The number of furan rings is 1. The highest BCUT2D eigenvalue weighted by atomic mass is 32.2. The van der Waals surface area contributed by atoms with Crippen molar-refractivity contribution in [2.75, 3.05) is 0 Å². The van der Waals surface area contributed by atoms with Crippen LogP contribution < -0.4 is 0 Å².